The summed E-state index contributed by atoms with van der Waals surface area (Å²) in [6, 6.07) is 4.55. The maximum Gasteiger partial charge on any atom is 0.173 e. The Bertz CT molecular complexity index is 321. The predicted molar refractivity (Wildman–Crippen MR) is 66.1 cm³/mol. The van der Waals surface area contributed by atoms with Crippen molar-refractivity contribution >= 4 is 11.3 Å². The van der Waals surface area contributed by atoms with Gasteiger partial charge >= 0.3 is 0 Å². The Kier molecular flexibility index (Phi) is 4.21. The maximum absolute atomic E-state index is 5.65. The van der Waals surface area contributed by atoms with Gasteiger partial charge in [-0.2, -0.15) is 0 Å². The lowest BCUT2D eigenvalue weighted by atomic mass is 10.1. The van der Waals surface area contributed by atoms with Gasteiger partial charge in [0.05, 0.1) is 13.2 Å². The van der Waals surface area contributed by atoms with Crippen LogP contribution in [0, 0.1) is 0 Å². The van der Waals surface area contributed by atoms with E-state index in [2.05, 4.69) is 18.3 Å². The Morgan fingerprint density at radius 2 is 2.50 bits per heavy atom. The highest BCUT2D eigenvalue weighted by Crippen LogP contribution is 2.24. The highest BCUT2D eigenvalue weighted by Gasteiger charge is 2.21. The molecule has 0 aromatic carbocycles. The average molecular weight is 241 g/mol. The number of ether oxygens (including phenoxy) is 2. The lowest BCUT2D eigenvalue weighted by molar-refractivity contribution is 0.0833. The van der Waals surface area contributed by atoms with E-state index in [0.29, 0.717) is 12.1 Å². The van der Waals surface area contributed by atoms with Crippen LogP contribution in [-0.4, -0.2) is 25.9 Å². The SMILES string of the molecule is COc1ccc(CNC(C)C2CCCO2)s1. The first-order valence-electron chi connectivity index (χ1n) is 5.77. The van der Waals surface area contributed by atoms with Gasteiger partial charge in [-0.05, 0) is 31.9 Å². The second-order valence-corrected chi connectivity index (χ2v) is 5.28. The molecule has 1 saturated heterocycles. The summed E-state index contributed by atoms with van der Waals surface area (Å²) in [5, 5.41) is 4.48. The molecule has 1 aromatic heterocycles. The fourth-order valence-corrected chi connectivity index (χ4v) is 2.72. The van der Waals surface area contributed by atoms with E-state index in [0.717, 1.165) is 18.2 Å². The minimum atomic E-state index is 0.391. The monoisotopic (exact) mass is 241 g/mol. The summed E-state index contributed by atoms with van der Waals surface area (Å²) < 4.78 is 10.8. The largest absolute Gasteiger partial charge is 0.487 e. The van der Waals surface area contributed by atoms with E-state index in [4.69, 9.17) is 9.47 Å². The van der Waals surface area contributed by atoms with Crippen LogP contribution in [0.15, 0.2) is 12.1 Å². The van der Waals surface area contributed by atoms with Gasteiger partial charge in [0.25, 0.3) is 0 Å². The van der Waals surface area contributed by atoms with Crippen LogP contribution in [0.2, 0.25) is 0 Å². The summed E-state index contributed by atoms with van der Waals surface area (Å²) in [6.07, 6.45) is 2.77. The van der Waals surface area contributed by atoms with Crippen molar-refractivity contribution in [1.29, 1.82) is 0 Å². The van der Waals surface area contributed by atoms with Crippen molar-refractivity contribution in [2.75, 3.05) is 13.7 Å². The molecule has 0 aliphatic carbocycles. The molecule has 1 fully saturated rings. The summed E-state index contributed by atoms with van der Waals surface area (Å²) in [5.41, 5.74) is 0. The van der Waals surface area contributed by atoms with Crippen molar-refractivity contribution in [2.45, 2.75) is 38.5 Å². The van der Waals surface area contributed by atoms with Crippen LogP contribution in [0.3, 0.4) is 0 Å². The third kappa shape index (κ3) is 2.97. The van der Waals surface area contributed by atoms with Crippen LogP contribution in [0.5, 0.6) is 5.06 Å². The van der Waals surface area contributed by atoms with Crippen LogP contribution in [0.1, 0.15) is 24.6 Å². The molecule has 90 valence electrons. The highest BCUT2D eigenvalue weighted by atomic mass is 32.1. The van der Waals surface area contributed by atoms with E-state index in [1.165, 1.54) is 17.7 Å². The Morgan fingerprint density at radius 1 is 1.62 bits per heavy atom. The van der Waals surface area contributed by atoms with E-state index >= 15 is 0 Å². The molecule has 3 nitrogen and oxygen atoms in total. The quantitative estimate of drug-likeness (QED) is 0.858. The zero-order chi connectivity index (χ0) is 11.4. The molecule has 4 heteroatoms. The van der Waals surface area contributed by atoms with E-state index in [9.17, 15) is 0 Å². The Hall–Kier alpha value is -0.580. The topological polar surface area (TPSA) is 30.5 Å². The molecule has 2 heterocycles. The number of thiophene rings is 1. The third-order valence-electron chi connectivity index (χ3n) is 2.96. The zero-order valence-corrected chi connectivity index (χ0v) is 10.7. The van der Waals surface area contributed by atoms with E-state index in [1.54, 1.807) is 18.4 Å². The normalized spacial score (nSPS) is 22.2. The molecule has 0 amide bonds. The number of nitrogens with one attached hydrogen (secondary N) is 1. The number of hydrogen-bond acceptors (Lipinski definition) is 4. The number of hydrogen-bond donors (Lipinski definition) is 1. The lowest BCUT2D eigenvalue weighted by Crippen LogP contribution is -2.36. The predicted octanol–water partition coefficient (Wildman–Crippen LogP) is 2.41. The molecule has 0 bridgehead atoms. The molecular weight excluding hydrogens is 222 g/mol. The van der Waals surface area contributed by atoms with Gasteiger partial charge in [0.2, 0.25) is 0 Å². The highest BCUT2D eigenvalue weighted by molar-refractivity contribution is 7.13. The first-order chi connectivity index (χ1) is 7.79. The van der Waals surface area contributed by atoms with Crippen molar-refractivity contribution in [2.24, 2.45) is 0 Å². The molecule has 1 aromatic rings. The van der Waals surface area contributed by atoms with Crippen molar-refractivity contribution in [3.63, 3.8) is 0 Å². The summed E-state index contributed by atoms with van der Waals surface area (Å²) >= 11 is 1.69. The summed E-state index contributed by atoms with van der Waals surface area (Å²) in [7, 11) is 1.71. The molecule has 0 saturated carbocycles. The molecule has 1 aliphatic heterocycles. The molecule has 2 rings (SSSR count). The number of methoxy groups -OCH3 is 1. The first kappa shape index (κ1) is 11.9. The summed E-state index contributed by atoms with van der Waals surface area (Å²) in [6.45, 7) is 4.01. The Labute approximate surface area is 101 Å². The fourth-order valence-electron chi connectivity index (χ4n) is 1.95. The molecule has 2 unspecified atom stereocenters. The van der Waals surface area contributed by atoms with Crippen molar-refractivity contribution in [3.8, 4) is 5.06 Å². The molecule has 0 spiro atoms. The second-order valence-electron chi connectivity index (χ2n) is 4.15. The maximum atomic E-state index is 5.65. The number of rotatable bonds is 5. The average Bonchev–Trinajstić information content (AvgIpc) is 2.96. The van der Waals surface area contributed by atoms with Crippen molar-refractivity contribution < 1.29 is 9.47 Å². The van der Waals surface area contributed by atoms with Gasteiger partial charge < -0.3 is 14.8 Å². The first-order valence-corrected chi connectivity index (χ1v) is 6.59. The van der Waals surface area contributed by atoms with Gasteiger partial charge in [-0.3, -0.25) is 0 Å². The van der Waals surface area contributed by atoms with E-state index in [1.807, 2.05) is 6.07 Å². The minimum Gasteiger partial charge on any atom is -0.487 e. The molecule has 16 heavy (non-hydrogen) atoms. The van der Waals surface area contributed by atoms with Gasteiger partial charge in [-0.15, -0.1) is 11.3 Å². The van der Waals surface area contributed by atoms with Crippen molar-refractivity contribution in [3.05, 3.63) is 17.0 Å². The van der Waals surface area contributed by atoms with Gasteiger partial charge in [0, 0.05) is 24.1 Å². The van der Waals surface area contributed by atoms with Gasteiger partial charge in [-0.25, -0.2) is 0 Å². The van der Waals surface area contributed by atoms with Crippen LogP contribution >= 0.6 is 11.3 Å². The van der Waals surface area contributed by atoms with Crippen molar-refractivity contribution in [1.82, 2.24) is 5.32 Å². The molecular formula is C12H19NO2S. The lowest BCUT2D eigenvalue weighted by Gasteiger charge is -2.19. The van der Waals surface area contributed by atoms with Crippen LogP contribution in [-0.2, 0) is 11.3 Å². The second kappa shape index (κ2) is 5.66. The molecule has 0 radical (unpaired) electrons. The molecule has 1 N–H and O–H groups in total. The van der Waals surface area contributed by atoms with Gasteiger partial charge in [-0.1, -0.05) is 0 Å². The minimum absolute atomic E-state index is 0.391. The van der Waals surface area contributed by atoms with Gasteiger partial charge in [0.1, 0.15) is 0 Å². The summed E-state index contributed by atoms with van der Waals surface area (Å²) in [5.74, 6) is 0. The standard InChI is InChI=1S/C12H19NO2S/c1-9(11-4-3-7-15-11)13-8-10-5-6-12(14-2)16-10/h5-6,9,11,13H,3-4,7-8H2,1-2H3. The van der Waals surface area contributed by atoms with Crippen LogP contribution < -0.4 is 10.1 Å². The van der Waals surface area contributed by atoms with Gasteiger partial charge in [0.15, 0.2) is 5.06 Å². The molecule has 1 aliphatic rings. The van der Waals surface area contributed by atoms with Crippen LogP contribution in [0.25, 0.3) is 0 Å². The zero-order valence-electron chi connectivity index (χ0n) is 9.86. The Balaban J connectivity index is 1.77. The van der Waals surface area contributed by atoms with E-state index in [-0.39, 0.29) is 0 Å². The summed E-state index contributed by atoms with van der Waals surface area (Å²) in [4.78, 5) is 1.31. The smallest absolute Gasteiger partial charge is 0.173 e. The fraction of sp³-hybridized carbons (Fsp3) is 0.667. The molecule has 2 atom stereocenters. The van der Waals surface area contributed by atoms with E-state index < -0.39 is 0 Å². The van der Waals surface area contributed by atoms with Crippen LogP contribution in [0.4, 0.5) is 0 Å². The third-order valence-corrected chi connectivity index (χ3v) is 4.01. The Morgan fingerprint density at radius 3 is 3.12 bits per heavy atom.